The smallest absolute Gasteiger partial charge is 0.422 e. The molecule has 1 heterocycles. The molecule has 1 atom stereocenters. The van der Waals surface area contributed by atoms with E-state index in [1.54, 1.807) is 12.1 Å². The van der Waals surface area contributed by atoms with E-state index in [0.717, 1.165) is 25.1 Å². The molecule has 0 radical (unpaired) electrons. The number of guanidine groups is 1. The summed E-state index contributed by atoms with van der Waals surface area (Å²) in [6.07, 6.45) is -2.01. The van der Waals surface area contributed by atoms with E-state index in [1.807, 2.05) is 0 Å². The topological polar surface area (TPSA) is 50.8 Å². The van der Waals surface area contributed by atoms with Gasteiger partial charge < -0.3 is 15.4 Å². The molecule has 23 heavy (non-hydrogen) atoms. The number of rotatable bonds is 4. The molecular weight excluding hydrogens is 307 g/mol. The first-order valence-corrected chi connectivity index (χ1v) is 7.67. The highest BCUT2D eigenvalue weighted by molar-refractivity contribution is 5.78. The van der Waals surface area contributed by atoms with Gasteiger partial charge in [-0.2, -0.15) is 13.2 Å². The van der Waals surface area contributed by atoms with Crippen molar-refractivity contribution in [3.8, 4) is 5.75 Å². The van der Waals surface area contributed by atoms with Gasteiger partial charge in [0, 0.05) is 13.1 Å². The lowest BCUT2D eigenvalue weighted by molar-refractivity contribution is -0.153. The standard InChI is InChI=1S/C16H22F3N3O/c1-12-3-2-8-22(10-12)15(20)21-9-13-4-6-14(7-5-13)23-11-16(17,18)19/h4-7,12H,2-3,8-11H2,1H3,(H2,20,21). The van der Waals surface area contributed by atoms with Gasteiger partial charge in [0.1, 0.15) is 5.75 Å². The van der Waals surface area contributed by atoms with Crippen molar-refractivity contribution in [1.29, 1.82) is 0 Å². The van der Waals surface area contributed by atoms with Crippen LogP contribution in [0.25, 0.3) is 0 Å². The normalized spacial score (nSPS) is 19.7. The van der Waals surface area contributed by atoms with Crippen molar-refractivity contribution in [2.45, 2.75) is 32.5 Å². The lowest BCUT2D eigenvalue weighted by atomic mass is 10.0. The molecule has 0 aliphatic carbocycles. The van der Waals surface area contributed by atoms with Crippen LogP contribution < -0.4 is 10.5 Å². The third-order valence-corrected chi connectivity index (χ3v) is 3.73. The molecule has 128 valence electrons. The van der Waals surface area contributed by atoms with Crippen molar-refractivity contribution in [1.82, 2.24) is 4.90 Å². The number of ether oxygens (including phenoxy) is 1. The van der Waals surface area contributed by atoms with Gasteiger partial charge in [0.05, 0.1) is 6.54 Å². The fraction of sp³-hybridized carbons (Fsp3) is 0.562. The van der Waals surface area contributed by atoms with Crippen molar-refractivity contribution in [2.24, 2.45) is 16.6 Å². The summed E-state index contributed by atoms with van der Waals surface area (Å²) in [4.78, 5) is 6.45. The summed E-state index contributed by atoms with van der Waals surface area (Å²) in [7, 11) is 0. The number of alkyl halides is 3. The Hall–Kier alpha value is -1.92. The molecule has 1 unspecified atom stereocenters. The Balaban J connectivity index is 1.86. The van der Waals surface area contributed by atoms with E-state index in [4.69, 9.17) is 5.73 Å². The lowest BCUT2D eigenvalue weighted by Crippen LogP contribution is -2.43. The fourth-order valence-electron chi connectivity index (χ4n) is 2.53. The molecule has 0 aromatic heterocycles. The molecule has 1 aromatic rings. The maximum absolute atomic E-state index is 12.1. The van der Waals surface area contributed by atoms with Gasteiger partial charge in [-0.25, -0.2) is 4.99 Å². The molecule has 2 N–H and O–H groups in total. The third-order valence-electron chi connectivity index (χ3n) is 3.73. The number of likely N-dealkylation sites (tertiary alicyclic amines) is 1. The summed E-state index contributed by atoms with van der Waals surface area (Å²) in [5.74, 6) is 1.32. The van der Waals surface area contributed by atoms with E-state index in [2.05, 4.69) is 21.6 Å². The van der Waals surface area contributed by atoms with Gasteiger partial charge in [0.15, 0.2) is 12.6 Å². The zero-order chi connectivity index (χ0) is 16.9. The molecule has 0 saturated carbocycles. The van der Waals surface area contributed by atoms with Gasteiger partial charge in [-0.1, -0.05) is 19.1 Å². The molecule has 1 fully saturated rings. The Morgan fingerprint density at radius 2 is 2.04 bits per heavy atom. The summed E-state index contributed by atoms with van der Waals surface area (Å²) in [5.41, 5.74) is 6.88. The van der Waals surface area contributed by atoms with Crippen molar-refractivity contribution in [3.05, 3.63) is 29.8 Å². The molecule has 1 saturated heterocycles. The van der Waals surface area contributed by atoms with Gasteiger partial charge in [-0.15, -0.1) is 0 Å². The van der Waals surface area contributed by atoms with Gasteiger partial charge >= 0.3 is 6.18 Å². The molecule has 2 rings (SSSR count). The Bertz CT molecular complexity index is 528. The first-order chi connectivity index (χ1) is 10.8. The van der Waals surface area contributed by atoms with E-state index in [9.17, 15) is 13.2 Å². The van der Waals surface area contributed by atoms with Crippen LogP contribution in [0.2, 0.25) is 0 Å². The maximum Gasteiger partial charge on any atom is 0.422 e. The highest BCUT2D eigenvalue weighted by Gasteiger charge is 2.28. The highest BCUT2D eigenvalue weighted by Crippen LogP contribution is 2.19. The Kier molecular flexibility index (Phi) is 5.74. The molecular formula is C16H22F3N3O. The summed E-state index contributed by atoms with van der Waals surface area (Å²) in [5, 5.41) is 0. The van der Waals surface area contributed by atoms with Crippen LogP contribution in [0.4, 0.5) is 13.2 Å². The molecule has 0 amide bonds. The Labute approximate surface area is 134 Å². The van der Waals surface area contributed by atoms with Crippen LogP contribution in [0.15, 0.2) is 29.3 Å². The molecule has 1 aliphatic heterocycles. The molecule has 7 heteroatoms. The summed E-state index contributed by atoms with van der Waals surface area (Å²) < 4.78 is 40.9. The van der Waals surface area contributed by atoms with Gasteiger partial charge in [0.2, 0.25) is 0 Å². The minimum absolute atomic E-state index is 0.188. The fourth-order valence-corrected chi connectivity index (χ4v) is 2.53. The molecule has 1 aromatic carbocycles. The predicted octanol–water partition coefficient (Wildman–Crippen LogP) is 3.17. The average molecular weight is 329 g/mol. The van der Waals surface area contributed by atoms with Crippen molar-refractivity contribution >= 4 is 5.96 Å². The minimum Gasteiger partial charge on any atom is -0.484 e. The number of benzene rings is 1. The summed E-state index contributed by atoms with van der Waals surface area (Å²) >= 11 is 0. The van der Waals surface area contributed by atoms with Gasteiger partial charge in [0.25, 0.3) is 0 Å². The number of aliphatic imine (C=N–C) groups is 1. The zero-order valence-corrected chi connectivity index (χ0v) is 13.1. The van der Waals surface area contributed by atoms with E-state index < -0.39 is 12.8 Å². The molecule has 4 nitrogen and oxygen atoms in total. The van der Waals surface area contributed by atoms with E-state index in [0.29, 0.717) is 18.4 Å². The average Bonchev–Trinajstić information content (AvgIpc) is 2.51. The number of piperidine rings is 1. The van der Waals surface area contributed by atoms with E-state index >= 15 is 0 Å². The van der Waals surface area contributed by atoms with Crippen LogP contribution in [0.3, 0.4) is 0 Å². The zero-order valence-electron chi connectivity index (χ0n) is 13.1. The number of halogens is 3. The Morgan fingerprint density at radius 3 is 2.65 bits per heavy atom. The number of nitrogens with two attached hydrogens (primary N) is 1. The second-order valence-corrected chi connectivity index (χ2v) is 5.92. The summed E-state index contributed by atoms with van der Waals surface area (Å²) in [6, 6.07) is 6.41. The SMILES string of the molecule is CC1CCCN(C(N)=NCc2ccc(OCC(F)(F)F)cc2)C1. The van der Waals surface area contributed by atoms with Gasteiger partial charge in [-0.3, -0.25) is 0 Å². The largest absolute Gasteiger partial charge is 0.484 e. The number of hydrogen-bond acceptors (Lipinski definition) is 2. The third kappa shape index (κ3) is 6.00. The maximum atomic E-state index is 12.1. The lowest BCUT2D eigenvalue weighted by Gasteiger charge is -2.31. The second kappa shape index (κ2) is 7.57. The second-order valence-electron chi connectivity index (χ2n) is 5.92. The molecule has 0 spiro atoms. The van der Waals surface area contributed by atoms with Crippen LogP contribution in [0.1, 0.15) is 25.3 Å². The van der Waals surface area contributed by atoms with Crippen LogP contribution in [-0.4, -0.2) is 36.7 Å². The van der Waals surface area contributed by atoms with Crippen molar-refractivity contribution < 1.29 is 17.9 Å². The van der Waals surface area contributed by atoms with Gasteiger partial charge in [-0.05, 0) is 36.5 Å². The number of hydrogen-bond donors (Lipinski definition) is 1. The Morgan fingerprint density at radius 1 is 1.35 bits per heavy atom. The predicted molar refractivity (Wildman–Crippen MR) is 83.3 cm³/mol. The van der Waals surface area contributed by atoms with Crippen LogP contribution >= 0.6 is 0 Å². The molecule has 0 bridgehead atoms. The minimum atomic E-state index is -4.33. The van der Waals surface area contributed by atoms with E-state index in [-0.39, 0.29) is 5.75 Å². The first-order valence-electron chi connectivity index (χ1n) is 7.67. The summed E-state index contributed by atoms with van der Waals surface area (Å²) in [6.45, 7) is 3.14. The quantitative estimate of drug-likeness (QED) is 0.682. The first kappa shape index (κ1) is 17.4. The van der Waals surface area contributed by atoms with Crippen molar-refractivity contribution in [2.75, 3.05) is 19.7 Å². The van der Waals surface area contributed by atoms with E-state index in [1.165, 1.54) is 18.6 Å². The van der Waals surface area contributed by atoms with Crippen molar-refractivity contribution in [3.63, 3.8) is 0 Å². The van der Waals surface area contributed by atoms with Crippen LogP contribution in [0, 0.1) is 5.92 Å². The van der Waals surface area contributed by atoms with Crippen LogP contribution in [-0.2, 0) is 6.54 Å². The van der Waals surface area contributed by atoms with Crippen LogP contribution in [0.5, 0.6) is 5.75 Å². The molecule has 1 aliphatic rings. The monoisotopic (exact) mass is 329 g/mol. The number of nitrogens with zero attached hydrogens (tertiary/aromatic N) is 2. The highest BCUT2D eigenvalue weighted by atomic mass is 19.4.